The maximum atomic E-state index is 3.62. The molecule has 1 heteroatoms. The molecule has 76 valence electrons. The van der Waals surface area contributed by atoms with E-state index < -0.39 is 0 Å². The lowest BCUT2D eigenvalue weighted by Gasteiger charge is -2.29. The van der Waals surface area contributed by atoms with Crippen molar-refractivity contribution in [2.75, 3.05) is 6.54 Å². The summed E-state index contributed by atoms with van der Waals surface area (Å²) in [5, 5.41) is 3.62. The average Bonchev–Trinajstić information content (AvgIpc) is 2.30. The second kappa shape index (κ2) is 4.61. The van der Waals surface area contributed by atoms with E-state index in [0.29, 0.717) is 12.0 Å². The lowest BCUT2D eigenvalue weighted by molar-refractivity contribution is 0.361. The molecule has 1 fully saturated rings. The third-order valence-electron chi connectivity index (χ3n) is 3.28. The summed E-state index contributed by atoms with van der Waals surface area (Å²) in [7, 11) is 0. The van der Waals surface area contributed by atoms with Crippen LogP contribution in [0.1, 0.15) is 37.7 Å². The van der Waals surface area contributed by atoms with Gasteiger partial charge in [0, 0.05) is 6.04 Å². The van der Waals surface area contributed by atoms with E-state index in [4.69, 9.17) is 0 Å². The number of nitrogens with one attached hydrogen (secondary N) is 1. The second-order valence-corrected chi connectivity index (χ2v) is 4.26. The first kappa shape index (κ1) is 9.72. The van der Waals surface area contributed by atoms with Crippen molar-refractivity contribution in [3.05, 3.63) is 35.9 Å². The average molecular weight is 189 g/mol. The van der Waals surface area contributed by atoms with Gasteiger partial charge in [-0.2, -0.15) is 0 Å². The van der Waals surface area contributed by atoms with Crippen LogP contribution in [-0.2, 0) is 0 Å². The van der Waals surface area contributed by atoms with Crippen LogP contribution in [0.4, 0.5) is 0 Å². The van der Waals surface area contributed by atoms with Gasteiger partial charge in [0.25, 0.3) is 0 Å². The van der Waals surface area contributed by atoms with Crippen LogP contribution < -0.4 is 5.32 Å². The number of piperidine rings is 1. The Balaban J connectivity index is 2.03. The predicted molar refractivity (Wildman–Crippen MR) is 60.5 cm³/mol. The normalized spacial score (nSPS) is 24.5. The van der Waals surface area contributed by atoms with E-state index >= 15 is 0 Å². The van der Waals surface area contributed by atoms with Gasteiger partial charge in [-0.1, -0.05) is 43.7 Å². The summed E-state index contributed by atoms with van der Waals surface area (Å²) in [4.78, 5) is 0. The fourth-order valence-corrected chi connectivity index (χ4v) is 2.29. The van der Waals surface area contributed by atoms with Crippen LogP contribution >= 0.6 is 0 Å². The SMILES string of the molecule is C[C@@H](c1ccccc1)[C@@H]1CCCCN1. The molecule has 14 heavy (non-hydrogen) atoms. The van der Waals surface area contributed by atoms with Gasteiger partial charge in [0.05, 0.1) is 0 Å². The molecule has 0 saturated carbocycles. The number of rotatable bonds is 2. The number of hydrogen-bond acceptors (Lipinski definition) is 1. The highest BCUT2D eigenvalue weighted by molar-refractivity contribution is 5.20. The molecule has 1 aromatic rings. The lowest BCUT2D eigenvalue weighted by atomic mass is 9.88. The number of benzene rings is 1. The molecule has 1 aliphatic rings. The minimum Gasteiger partial charge on any atom is -0.313 e. The lowest BCUT2D eigenvalue weighted by Crippen LogP contribution is -2.37. The molecule has 0 unspecified atom stereocenters. The molecule has 1 aliphatic heterocycles. The largest absolute Gasteiger partial charge is 0.313 e. The van der Waals surface area contributed by atoms with Crippen molar-refractivity contribution < 1.29 is 0 Å². The van der Waals surface area contributed by atoms with Crippen LogP contribution in [0.2, 0.25) is 0 Å². The summed E-state index contributed by atoms with van der Waals surface area (Å²) in [6.45, 7) is 3.53. The Kier molecular flexibility index (Phi) is 3.20. The molecule has 1 aromatic carbocycles. The highest BCUT2D eigenvalue weighted by atomic mass is 14.9. The van der Waals surface area contributed by atoms with Crippen molar-refractivity contribution in [3.8, 4) is 0 Å². The molecule has 2 rings (SSSR count). The quantitative estimate of drug-likeness (QED) is 0.754. The summed E-state index contributed by atoms with van der Waals surface area (Å²) in [5.41, 5.74) is 1.46. The first-order valence-electron chi connectivity index (χ1n) is 5.66. The van der Waals surface area contributed by atoms with E-state index in [1.165, 1.54) is 31.4 Å². The molecule has 1 heterocycles. The van der Waals surface area contributed by atoms with Crippen molar-refractivity contribution in [1.29, 1.82) is 0 Å². The molecule has 0 radical (unpaired) electrons. The summed E-state index contributed by atoms with van der Waals surface area (Å²) < 4.78 is 0. The van der Waals surface area contributed by atoms with Gasteiger partial charge in [0.1, 0.15) is 0 Å². The monoisotopic (exact) mass is 189 g/mol. The zero-order valence-electron chi connectivity index (χ0n) is 8.87. The second-order valence-electron chi connectivity index (χ2n) is 4.26. The molecular weight excluding hydrogens is 170 g/mol. The Morgan fingerprint density at radius 1 is 1.21 bits per heavy atom. The van der Waals surface area contributed by atoms with Crippen LogP contribution in [-0.4, -0.2) is 12.6 Å². The Morgan fingerprint density at radius 3 is 2.64 bits per heavy atom. The van der Waals surface area contributed by atoms with Gasteiger partial charge in [-0.3, -0.25) is 0 Å². The molecule has 1 saturated heterocycles. The Labute approximate surface area is 86.5 Å². The van der Waals surface area contributed by atoms with E-state index in [0.717, 1.165) is 0 Å². The van der Waals surface area contributed by atoms with Crippen LogP contribution in [0.15, 0.2) is 30.3 Å². The fraction of sp³-hybridized carbons (Fsp3) is 0.538. The molecule has 2 atom stereocenters. The van der Waals surface area contributed by atoms with Gasteiger partial charge < -0.3 is 5.32 Å². The van der Waals surface area contributed by atoms with Crippen LogP contribution in [0.5, 0.6) is 0 Å². The topological polar surface area (TPSA) is 12.0 Å². The Hall–Kier alpha value is -0.820. The van der Waals surface area contributed by atoms with Gasteiger partial charge >= 0.3 is 0 Å². The minimum atomic E-state index is 0.650. The summed E-state index contributed by atoms with van der Waals surface area (Å²) in [6, 6.07) is 11.5. The third kappa shape index (κ3) is 2.16. The highest BCUT2D eigenvalue weighted by Gasteiger charge is 2.20. The van der Waals surface area contributed by atoms with Gasteiger partial charge in [-0.05, 0) is 30.9 Å². The van der Waals surface area contributed by atoms with Gasteiger partial charge in [0.2, 0.25) is 0 Å². The first-order valence-corrected chi connectivity index (χ1v) is 5.66. The van der Waals surface area contributed by atoms with Gasteiger partial charge in [-0.15, -0.1) is 0 Å². The maximum Gasteiger partial charge on any atom is 0.0133 e. The number of hydrogen-bond donors (Lipinski definition) is 1. The maximum absolute atomic E-state index is 3.62. The molecule has 0 spiro atoms. The first-order chi connectivity index (χ1) is 6.88. The molecule has 0 bridgehead atoms. The third-order valence-corrected chi connectivity index (χ3v) is 3.28. The van der Waals surface area contributed by atoms with E-state index in [2.05, 4.69) is 42.6 Å². The zero-order chi connectivity index (χ0) is 9.80. The molecule has 1 nitrogen and oxygen atoms in total. The predicted octanol–water partition coefficient (Wildman–Crippen LogP) is 2.93. The molecule has 0 amide bonds. The van der Waals surface area contributed by atoms with Gasteiger partial charge in [-0.25, -0.2) is 0 Å². The van der Waals surface area contributed by atoms with Crippen molar-refractivity contribution in [1.82, 2.24) is 5.32 Å². The molecular formula is C13H19N. The summed E-state index contributed by atoms with van der Waals surface area (Å²) >= 11 is 0. The standard InChI is InChI=1S/C13H19N/c1-11(12-7-3-2-4-8-12)13-9-5-6-10-14-13/h2-4,7-8,11,13-14H,5-6,9-10H2,1H3/t11-,13-/m0/s1. The fourth-order valence-electron chi connectivity index (χ4n) is 2.29. The van der Waals surface area contributed by atoms with Crippen LogP contribution in [0.3, 0.4) is 0 Å². The van der Waals surface area contributed by atoms with E-state index in [1.54, 1.807) is 0 Å². The summed E-state index contributed by atoms with van der Waals surface area (Å²) in [6.07, 6.45) is 4.06. The highest BCUT2D eigenvalue weighted by Crippen LogP contribution is 2.24. The van der Waals surface area contributed by atoms with E-state index in [1.807, 2.05) is 0 Å². The molecule has 0 aliphatic carbocycles. The Bertz CT molecular complexity index is 262. The van der Waals surface area contributed by atoms with Crippen molar-refractivity contribution in [2.45, 2.75) is 38.1 Å². The molecule has 1 N–H and O–H groups in total. The van der Waals surface area contributed by atoms with Crippen LogP contribution in [0.25, 0.3) is 0 Å². The van der Waals surface area contributed by atoms with Gasteiger partial charge in [0.15, 0.2) is 0 Å². The zero-order valence-corrected chi connectivity index (χ0v) is 8.87. The minimum absolute atomic E-state index is 0.650. The summed E-state index contributed by atoms with van der Waals surface area (Å²) in [5.74, 6) is 0.650. The van der Waals surface area contributed by atoms with Crippen molar-refractivity contribution in [3.63, 3.8) is 0 Å². The van der Waals surface area contributed by atoms with Crippen molar-refractivity contribution in [2.24, 2.45) is 0 Å². The van der Waals surface area contributed by atoms with E-state index in [9.17, 15) is 0 Å². The molecule has 0 aromatic heterocycles. The Morgan fingerprint density at radius 2 is 2.00 bits per heavy atom. The van der Waals surface area contributed by atoms with E-state index in [-0.39, 0.29) is 0 Å². The van der Waals surface area contributed by atoms with Crippen molar-refractivity contribution >= 4 is 0 Å². The van der Waals surface area contributed by atoms with Crippen LogP contribution in [0, 0.1) is 0 Å². The smallest absolute Gasteiger partial charge is 0.0133 e.